The summed E-state index contributed by atoms with van der Waals surface area (Å²) >= 11 is 12.6. The minimum atomic E-state index is -0.0955. The molecule has 1 amide bonds. The molecular weight excluding hydrogens is 443 g/mol. The van der Waals surface area contributed by atoms with Gasteiger partial charge in [-0.3, -0.25) is 4.79 Å². The predicted molar refractivity (Wildman–Crippen MR) is 133 cm³/mol. The second-order valence-electron chi connectivity index (χ2n) is 7.36. The lowest BCUT2D eigenvalue weighted by atomic mass is 10.0. The fraction of sp³-hybridized carbons (Fsp3) is 0.115. The summed E-state index contributed by atoms with van der Waals surface area (Å²) in [6.07, 6.45) is 0. The average molecular weight is 465 g/mol. The van der Waals surface area contributed by atoms with Gasteiger partial charge in [-0.25, -0.2) is 0 Å². The molecule has 6 heteroatoms. The van der Waals surface area contributed by atoms with E-state index < -0.39 is 0 Å². The number of fused-ring (bicyclic) bond motifs is 1. The normalized spacial score (nSPS) is 10.7. The predicted octanol–water partition coefficient (Wildman–Crippen LogP) is 7.30. The van der Waals surface area contributed by atoms with E-state index in [1.165, 1.54) is 6.92 Å². The molecule has 0 aliphatic carbocycles. The lowest BCUT2D eigenvalue weighted by Crippen LogP contribution is -2.07. The number of hydrogen-bond acceptors (Lipinski definition) is 3. The van der Waals surface area contributed by atoms with Crippen molar-refractivity contribution in [3.63, 3.8) is 0 Å². The lowest BCUT2D eigenvalue weighted by Gasteiger charge is -2.17. The number of benzene rings is 4. The molecule has 0 aromatic heterocycles. The van der Waals surface area contributed by atoms with E-state index in [1.54, 1.807) is 12.1 Å². The van der Waals surface area contributed by atoms with Gasteiger partial charge in [0.05, 0.1) is 0 Å². The zero-order valence-corrected chi connectivity index (χ0v) is 19.0. The van der Waals surface area contributed by atoms with Crippen LogP contribution in [0.15, 0.2) is 78.9 Å². The van der Waals surface area contributed by atoms with Crippen molar-refractivity contribution < 1.29 is 9.53 Å². The third-order valence-electron chi connectivity index (χ3n) is 5.11. The van der Waals surface area contributed by atoms with Crippen LogP contribution in [0.4, 0.5) is 11.4 Å². The summed E-state index contributed by atoms with van der Waals surface area (Å²) in [5.74, 6) is 0.670. The minimum Gasteiger partial charge on any atom is -0.488 e. The molecule has 4 aromatic carbocycles. The highest BCUT2D eigenvalue weighted by molar-refractivity contribution is 6.35. The van der Waals surface area contributed by atoms with E-state index in [-0.39, 0.29) is 12.5 Å². The molecule has 0 bridgehead atoms. The smallest absolute Gasteiger partial charge is 0.221 e. The molecule has 0 atom stereocenters. The van der Waals surface area contributed by atoms with Gasteiger partial charge in [-0.15, -0.1) is 0 Å². The van der Waals surface area contributed by atoms with Gasteiger partial charge in [0.15, 0.2) is 0 Å². The molecule has 4 nitrogen and oxygen atoms in total. The van der Waals surface area contributed by atoms with Gasteiger partial charge in [0, 0.05) is 46.0 Å². The summed E-state index contributed by atoms with van der Waals surface area (Å²) in [6, 6.07) is 25.2. The molecule has 0 saturated heterocycles. The van der Waals surface area contributed by atoms with Crippen LogP contribution in [-0.2, 0) is 17.9 Å². The van der Waals surface area contributed by atoms with Gasteiger partial charge >= 0.3 is 0 Å². The van der Waals surface area contributed by atoms with Crippen LogP contribution < -0.4 is 15.4 Å². The Morgan fingerprint density at radius 1 is 0.812 bits per heavy atom. The molecule has 0 fully saturated rings. The first-order chi connectivity index (χ1) is 15.5. The standard InChI is InChI=1S/C26H22Cl2N2O2/c1-17(31)30-20-12-10-19(11-13-20)29-15-22-21-6-3-2-5-18(21)9-14-26(22)32-16-23-24(27)7-4-8-25(23)28/h2-14,29H,15-16H2,1H3,(H,30,31). The van der Waals surface area contributed by atoms with Gasteiger partial charge in [-0.05, 0) is 53.2 Å². The second-order valence-corrected chi connectivity index (χ2v) is 8.18. The highest BCUT2D eigenvalue weighted by Gasteiger charge is 2.12. The summed E-state index contributed by atoms with van der Waals surface area (Å²) in [7, 11) is 0. The summed E-state index contributed by atoms with van der Waals surface area (Å²) in [5, 5.41) is 9.63. The van der Waals surface area contributed by atoms with E-state index in [9.17, 15) is 4.79 Å². The quantitative estimate of drug-likeness (QED) is 0.301. The fourth-order valence-corrected chi connectivity index (χ4v) is 4.03. The van der Waals surface area contributed by atoms with E-state index in [2.05, 4.69) is 22.8 Å². The number of carbonyl (C=O) groups is 1. The summed E-state index contributed by atoms with van der Waals surface area (Å²) in [6.45, 7) is 2.33. The molecule has 4 aromatic rings. The van der Waals surface area contributed by atoms with Crippen LogP contribution in [0.2, 0.25) is 10.0 Å². The van der Waals surface area contributed by atoms with E-state index in [4.69, 9.17) is 27.9 Å². The van der Waals surface area contributed by atoms with Crippen LogP contribution in [0.3, 0.4) is 0 Å². The SMILES string of the molecule is CC(=O)Nc1ccc(NCc2c(OCc3c(Cl)cccc3Cl)ccc3ccccc23)cc1. The monoisotopic (exact) mass is 464 g/mol. The maximum atomic E-state index is 11.2. The van der Waals surface area contributed by atoms with Crippen molar-refractivity contribution in [3.05, 3.63) is 100 Å². The number of ether oxygens (including phenoxy) is 1. The van der Waals surface area contributed by atoms with Crippen molar-refractivity contribution in [1.29, 1.82) is 0 Å². The highest BCUT2D eigenvalue weighted by atomic mass is 35.5. The summed E-state index contributed by atoms with van der Waals surface area (Å²) < 4.78 is 6.19. The van der Waals surface area contributed by atoms with Crippen molar-refractivity contribution in [2.75, 3.05) is 10.6 Å². The van der Waals surface area contributed by atoms with Crippen LogP contribution in [0.5, 0.6) is 5.75 Å². The molecule has 32 heavy (non-hydrogen) atoms. The van der Waals surface area contributed by atoms with Crippen molar-refractivity contribution in [2.45, 2.75) is 20.1 Å². The van der Waals surface area contributed by atoms with Crippen LogP contribution >= 0.6 is 23.2 Å². The Morgan fingerprint density at radius 3 is 2.22 bits per heavy atom. The number of rotatable bonds is 7. The first-order valence-corrected chi connectivity index (χ1v) is 10.9. The molecule has 162 valence electrons. The maximum Gasteiger partial charge on any atom is 0.221 e. The highest BCUT2D eigenvalue weighted by Crippen LogP contribution is 2.32. The van der Waals surface area contributed by atoms with Gasteiger partial charge in [-0.2, -0.15) is 0 Å². The van der Waals surface area contributed by atoms with Gasteiger partial charge in [0.1, 0.15) is 12.4 Å². The van der Waals surface area contributed by atoms with Crippen LogP contribution in [0.1, 0.15) is 18.1 Å². The van der Waals surface area contributed by atoms with Crippen molar-refractivity contribution in [1.82, 2.24) is 0 Å². The van der Waals surface area contributed by atoms with E-state index >= 15 is 0 Å². The third kappa shape index (κ3) is 5.16. The van der Waals surface area contributed by atoms with E-state index in [0.717, 1.165) is 39.0 Å². The number of nitrogens with one attached hydrogen (secondary N) is 2. The number of amides is 1. The zero-order valence-electron chi connectivity index (χ0n) is 17.5. The van der Waals surface area contributed by atoms with Crippen LogP contribution in [0.25, 0.3) is 10.8 Å². The minimum absolute atomic E-state index is 0.0955. The van der Waals surface area contributed by atoms with Gasteiger partial charge in [0.2, 0.25) is 5.91 Å². The molecule has 4 rings (SSSR count). The fourth-order valence-electron chi connectivity index (χ4n) is 3.52. The molecule has 0 unspecified atom stereocenters. The first-order valence-electron chi connectivity index (χ1n) is 10.2. The molecule has 0 radical (unpaired) electrons. The molecule has 0 spiro atoms. The number of anilines is 2. The lowest BCUT2D eigenvalue weighted by molar-refractivity contribution is -0.114. The largest absolute Gasteiger partial charge is 0.488 e. The van der Waals surface area contributed by atoms with E-state index in [1.807, 2.05) is 54.6 Å². The number of hydrogen-bond donors (Lipinski definition) is 2. The Kier molecular flexibility index (Phi) is 6.84. The summed E-state index contributed by atoms with van der Waals surface area (Å²) in [5.41, 5.74) is 3.50. The topological polar surface area (TPSA) is 50.4 Å². The van der Waals surface area contributed by atoms with Gasteiger partial charge in [-0.1, -0.05) is 59.6 Å². The van der Waals surface area contributed by atoms with Crippen LogP contribution in [-0.4, -0.2) is 5.91 Å². The maximum absolute atomic E-state index is 11.2. The molecule has 0 aliphatic heterocycles. The zero-order chi connectivity index (χ0) is 22.5. The Morgan fingerprint density at radius 2 is 1.50 bits per heavy atom. The third-order valence-corrected chi connectivity index (χ3v) is 5.81. The Hall–Kier alpha value is -3.21. The van der Waals surface area contributed by atoms with E-state index in [0.29, 0.717) is 16.6 Å². The second kappa shape index (κ2) is 9.94. The molecular formula is C26H22Cl2N2O2. The Balaban J connectivity index is 1.58. The van der Waals surface area contributed by atoms with Crippen LogP contribution in [0, 0.1) is 0 Å². The number of halogens is 2. The summed E-state index contributed by atoms with van der Waals surface area (Å²) in [4.78, 5) is 11.2. The van der Waals surface area contributed by atoms with Gasteiger partial charge < -0.3 is 15.4 Å². The molecule has 0 heterocycles. The molecule has 0 aliphatic rings. The van der Waals surface area contributed by atoms with Crippen molar-refractivity contribution >= 4 is 51.3 Å². The molecule has 0 saturated carbocycles. The Bertz CT molecular complexity index is 1240. The average Bonchev–Trinajstić information content (AvgIpc) is 2.78. The molecule has 2 N–H and O–H groups in total. The van der Waals surface area contributed by atoms with Gasteiger partial charge in [0.25, 0.3) is 0 Å². The van der Waals surface area contributed by atoms with Crippen molar-refractivity contribution in [2.24, 2.45) is 0 Å². The Labute approximate surface area is 197 Å². The van der Waals surface area contributed by atoms with Crippen molar-refractivity contribution in [3.8, 4) is 5.75 Å². The first kappa shape index (κ1) is 22.0. The number of carbonyl (C=O) groups excluding carboxylic acids is 1.